The number of carbonyl (C=O) groups excluding carboxylic acids is 1. The maximum Gasteiger partial charge on any atom is 0.223 e. The lowest BCUT2D eigenvalue weighted by molar-refractivity contribution is -0.112. The quantitative estimate of drug-likeness (QED) is 0.458. The lowest BCUT2D eigenvalue weighted by Crippen LogP contribution is -2.04. The van der Waals surface area contributed by atoms with Gasteiger partial charge in [0.15, 0.2) is 0 Å². The minimum atomic E-state index is -0.330. The van der Waals surface area contributed by atoms with Gasteiger partial charge in [-0.05, 0) is 17.5 Å². The number of hydrogen-bond donors (Lipinski definition) is 0. The molecule has 0 unspecified atom stereocenters. The predicted octanol–water partition coefficient (Wildman–Crippen LogP) is 1.81. The summed E-state index contributed by atoms with van der Waals surface area (Å²) in [5, 5.41) is -0.330. The first-order valence-corrected chi connectivity index (χ1v) is 3.76. The van der Waals surface area contributed by atoms with Gasteiger partial charge >= 0.3 is 0 Å². The average molecular weight is 165 g/mol. The molecule has 0 radical (unpaired) electrons. The van der Waals surface area contributed by atoms with E-state index < -0.39 is 0 Å². The van der Waals surface area contributed by atoms with Crippen molar-refractivity contribution in [2.45, 2.75) is 20.3 Å². The first-order valence-electron chi connectivity index (χ1n) is 3.39. The molecule has 0 saturated heterocycles. The Morgan fingerprint density at radius 2 is 2.20 bits per heavy atom. The van der Waals surface area contributed by atoms with Crippen LogP contribution in [0.4, 0.5) is 0 Å². The third-order valence-electron chi connectivity index (χ3n) is 0.894. The molecule has 0 saturated carbocycles. The minimum absolute atomic E-state index is 0.314. The van der Waals surface area contributed by atoms with Crippen LogP contribution in [0.25, 0.3) is 0 Å². The third-order valence-corrected chi connectivity index (χ3v) is 1.08. The minimum Gasteiger partial charge on any atom is -0.381 e. The van der Waals surface area contributed by atoms with Crippen molar-refractivity contribution in [2.75, 3.05) is 13.2 Å². The number of carbonyl (C=O) groups is 1. The first kappa shape index (κ1) is 9.92. The molecule has 0 aliphatic rings. The van der Waals surface area contributed by atoms with E-state index in [1.165, 1.54) is 0 Å². The maximum absolute atomic E-state index is 10.2. The van der Waals surface area contributed by atoms with Gasteiger partial charge in [-0.1, -0.05) is 13.8 Å². The SMILES string of the molecule is CC(C)COCCC(=O)Cl. The fourth-order valence-corrected chi connectivity index (χ4v) is 0.549. The lowest BCUT2D eigenvalue weighted by atomic mass is 10.2. The molecule has 0 atom stereocenters. The number of rotatable bonds is 5. The normalized spacial score (nSPS) is 10.4. The molecule has 0 aromatic carbocycles. The summed E-state index contributed by atoms with van der Waals surface area (Å²) in [4.78, 5) is 10.2. The van der Waals surface area contributed by atoms with Crippen molar-refractivity contribution < 1.29 is 9.53 Å². The van der Waals surface area contributed by atoms with E-state index in [2.05, 4.69) is 13.8 Å². The van der Waals surface area contributed by atoms with E-state index in [1.54, 1.807) is 0 Å². The summed E-state index contributed by atoms with van der Waals surface area (Å²) >= 11 is 5.07. The zero-order chi connectivity index (χ0) is 7.98. The van der Waals surface area contributed by atoms with Crippen molar-refractivity contribution in [1.29, 1.82) is 0 Å². The van der Waals surface area contributed by atoms with Crippen LogP contribution in [0.2, 0.25) is 0 Å². The number of hydrogen-bond acceptors (Lipinski definition) is 2. The highest BCUT2D eigenvalue weighted by molar-refractivity contribution is 6.63. The molecule has 2 nitrogen and oxygen atoms in total. The molecule has 60 valence electrons. The van der Waals surface area contributed by atoms with Gasteiger partial charge in [-0.15, -0.1) is 0 Å². The molecule has 0 aromatic heterocycles. The van der Waals surface area contributed by atoms with Crippen molar-refractivity contribution in [3.05, 3.63) is 0 Å². The van der Waals surface area contributed by atoms with Gasteiger partial charge in [0.1, 0.15) is 0 Å². The maximum atomic E-state index is 10.2. The van der Waals surface area contributed by atoms with Gasteiger partial charge in [0.2, 0.25) is 5.24 Å². The fraction of sp³-hybridized carbons (Fsp3) is 0.857. The van der Waals surface area contributed by atoms with Crippen LogP contribution in [0.15, 0.2) is 0 Å². The molecule has 0 fully saturated rings. The number of ether oxygens (including phenoxy) is 1. The Balaban J connectivity index is 2.98. The van der Waals surface area contributed by atoms with Crippen molar-refractivity contribution in [2.24, 2.45) is 5.92 Å². The molecule has 3 heteroatoms. The van der Waals surface area contributed by atoms with Crippen molar-refractivity contribution in [3.63, 3.8) is 0 Å². The molecule has 0 spiro atoms. The van der Waals surface area contributed by atoms with Gasteiger partial charge in [-0.2, -0.15) is 0 Å². The predicted molar refractivity (Wildman–Crippen MR) is 41.1 cm³/mol. The summed E-state index contributed by atoms with van der Waals surface area (Å²) in [6.45, 7) is 5.26. The molecular weight excluding hydrogens is 152 g/mol. The summed E-state index contributed by atoms with van der Waals surface area (Å²) in [6, 6.07) is 0. The van der Waals surface area contributed by atoms with E-state index in [0.29, 0.717) is 25.6 Å². The summed E-state index contributed by atoms with van der Waals surface area (Å²) in [7, 11) is 0. The smallest absolute Gasteiger partial charge is 0.223 e. The van der Waals surface area contributed by atoms with Gasteiger partial charge in [-0.25, -0.2) is 0 Å². The second-order valence-corrected chi connectivity index (χ2v) is 3.00. The fourth-order valence-electron chi connectivity index (χ4n) is 0.471. The highest BCUT2D eigenvalue weighted by atomic mass is 35.5. The topological polar surface area (TPSA) is 26.3 Å². The van der Waals surface area contributed by atoms with Crippen LogP contribution in [-0.2, 0) is 9.53 Å². The van der Waals surface area contributed by atoms with E-state index in [1.807, 2.05) is 0 Å². The molecule has 0 bridgehead atoms. The van der Waals surface area contributed by atoms with E-state index in [9.17, 15) is 4.79 Å². The zero-order valence-corrected chi connectivity index (χ0v) is 7.15. The Bertz CT molecular complexity index is 102. The van der Waals surface area contributed by atoms with Crippen LogP contribution in [-0.4, -0.2) is 18.5 Å². The molecule has 10 heavy (non-hydrogen) atoms. The van der Waals surface area contributed by atoms with E-state index in [4.69, 9.17) is 16.3 Å². The monoisotopic (exact) mass is 164 g/mol. The Morgan fingerprint density at radius 1 is 1.60 bits per heavy atom. The van der Waals surface area contributed by atoms with Gasteiger partial charge in [0, 0.05) is 13.0 Å². The van der Waals surface area contributed by atoms with Crippen LogP contribution in [0.3, 0.4) is 0 Å². The van der Waals surface area contributed by atoms with Crippen LogP contribution in [0.5, 0.6) is 0 Å². The molecule has 0 rings (SSSR count). The second kappa shape index (κ2) is 5.69. The van der Waals surface area contributed by atoms with Gasteiger partial charge in [0.25, 0.3) is 0 Å². The van der Waals surface area contributed by atoms with Crippen LogP contribution >= 0.6 is 11.6 Å². The molecule has 0 aliphatic heterocycles. The standard InChI is InChI=1S/C7H13ClO2/c1-6(2)5-10-4-3-7(8)9/h6H,3-5H2,1-2H3. The molecule has 0 aromatic rings. The number of halogens is 1. The van der Waals surface area contributed by atoms with Crippen LogP contribution in [0, 0.1) is 5.92 Å². The van der Waals surface area contributed by atoms with Crippen molar-refractivity contribution in [1.82, 2.24) is 0 Å². The van der Waals surface area contributed by atoms with E-state index >= 15 is 0 Å². The molecular formula is C7H13ClO2. The molecule has 0 aliphatic carbocycles. The molecule has 0 heterocycles. The largest absolute Gasteiger partial charge is 0.381 e. The van der Waals surface area contributed by atoms with Gasteiger partial charge in [-0.3, -0.25) is 4.79 Å². The van der Waals surface area contributed by atoms with Crippen molar-refractivity contribution in [3.8, 4) is 0 Å². The lowest BCUT2D eigenvalue weighted by Gasteiger charge is -2.03. The Kier molecular flexibility index (Phi) is 5.64. The van der Waals surface area contributed by atoms with E-state index in [-0.39, 0.29) is 5.24 Å². The van der Waals surface area contributed by atoms with Crippen LogP contribution < -0.4 is 0 Å². The summed E-state index contributed by atoms with van der Waals surface area (Å²) in [5.74, 6) is 0.519. The van der Waals surface area contributed by atoms with Gasteiger partial charge < -0.3 is 4.74 Å². The second-order valence-electron chi connectivity index (χ2n) is 2.57. The zero-order valence-electron chi connectivity index (χ0n) is 6.39. The Labute approximate surface area is 66.5 Å². The van der Waals surface area contributed by atoms with Crippen molar-refractivity contribution >= 4 is 16.8 Å². The molecule has 0 amide bonds. The molecule has 0 N–H and O–H groups in total. The van der Waals surface area contributed by atoms with Crippen LogP contribution in [0.1, 0.15) is 20.3 Å². The highest BCUT2D eigenvalue weighted by Gasteiger charge is 1.96. The summed E-state index contributed by atoms with van der Waals surface area (Å²) in [5.41, 5.74) is 0. The average Bonchev–Trinajstić information content (AvgIpc) is 1.79. The Morgan fingerprint density at radius 3 is 2.60 bits per heavy atom. The van der Waals surface area contributed by atoms with E-state index in [0.717, 1.165) is 0 Å². The first-order chi connectivity index (χ1) is 4.63. The Hall–Kier alpha value is -0.0800. The summed E-state index contributed by atoms with van der Waals surface area (Å²) in [6.07, 6.45) is 0.314. The highest BCUT2D eigenvalue weighted by Crippen LogP contribution is 1.94. The summed E-state index contributed by atoms with van der Waals surface area (Å²) < 4.78 is 5.10. The third kappa shape index (κ3) is 7.92. The van der Waals surface area contributed by atoms with Gasteiger partial charge in [0.05, 0.1) is 6.61 Å².